The molecule has 2 aromatic carbocycles. The van der Waals surface area contributed by atoms with E-state index in [4.69, 9.17) is 14.2 Å². The molecule has 0 bridgehead atoms. The third-order valence-corrected chi connectivity index (χ3v) is 4.64. The largest absolute Gasteiger partial charge is 0.462 e. The van der Waals surface area contributed by atoms with E-state index in [9.17, 15) is 14.4 Å². The molecule has 1 N–H and O–H groups in total. The molecular formula is C20H18N2O6. The molecule has 28 heavy (non-hydrogen) atoms. The normalized spacial score (nSPS) is 17.0. The molecule has 2 aromatic rings. The van der Waals surface area contributed by atoms with Crippen LogP contribution in [0.1, 0.15) is 34.6 Å². The highest BCUT2D eigenvalue weighted by molar-refractivity contribution is 6.18. The number of nitrogens with zero attached hydrogens (tertiary/aromatic N) is 1. The minimum absolute atomic E-state index is 0.0369. The number of benzene rings is 2. The van der Waals surface area contributed by atoms with Crippen molar-refractivity contribution in [2.45, 2.75) is 19.9 Å². The number of amides is 2. The molecule has 1 unspecified atom stereocenters. The molecule has 8 heteroatoms. The Bertz CT molecular complexity index is 987. The maximum atomic E-state index is 13.3. The molecule has 0 aromatic heterocycles. The predicted octanol–water partition coefficient (Wildman–Crippen LogP) is 2.58. The van der Waals surface area contributed by atoms with E-state index in [1.165, 1.54) is 11.0 Å². The van der Waals surface area contributed by atoms with Crippen LogP contribution < -0.4 is 19.7 Å². The Hall–Kier alpha value is -3.55. The minimum atomic E-state index is -0.744. The number of nitrogens with one attached hydrogen (secondary N) is 1. The van der Waals surface area contributed by atoms with Gasteiger partial charge in [-0.3, -0.25) is 14.5 Å². The first-order valence-electron chi connectivity index (χ1n) is 8.85. The number of esters is 1. The lowest BCUT2D eigenvalue weighted by Gasteiger charge is -2.34. The molecule has 2 heterocycles. The van der Waals surface area contributed by atoms with Gasteiger partial charge >= 0.3 is 5.97 Å². The van der Waals surface area contributed by atoms with Gasteiger partial charge in [-0.25, -0.2) is 4.79 Å². The van der Waals surface area contributed by atoms with Gasteiger partial charge in [0.15, 0.2) is 11.5 Å². The van der Waals surface area contributed by atoms with Gasteiger partial charge in [0.05, 0.1) is 29.1 Å². The van der Waals surface area contributed by atoms with E-state index < -0.39 is 17.9 Å². The van der Waals surface area contributed by atoms with Crippen LogP contribution in [0.15, 0.2) is 36.4 Å². The number of anilines is 2. The third-order valence-electron chi connectivity index (χ3n) is 4.64. The minimum Gasteiger partial charge on any atom is -0.462 e. The van der Waals surface area contributed by atoms with Gasteiger partial charge in [0.2, 0.25) is 12.7 Å². The Kier molecular flexibility index (Phi) is 4.38. The highest BCUT2D eigenvalue weighted by Crippen LogP contribution is 2.39. The van der Waals surface area contributed by atoms with Gasteiger partial charge in [-0.1, -0.05) is 6.07 Å². The molecule has 4 rings (SSSR count). The number of hydrogen-bond donors (Lipinski definition) is 1. The second kappa shape index (κ2) is 6.88. The highest BCUT2D eigenvalue weighted by Gasteiger charge is 2.37. The van der Waals surface area contributed by atoms with Gasteiger partial charge in [0.1, 0.15) is 6.04 Å². The number of para-hydroxylation sites is 1. The highest BCUT2D eigenvalue weighted by atomic mass is 16.7. The summed E-state index contributed by atoms with van der Waals surface area (Å²) in [6.07, 6.45) is 0. The summed E-state index contributed by atoms with van der Waals surface area (Å²) in [5.41, 5.74) is 1.45. The standard InChI is InChI=1S/C20H18N2O6/c1-3-26-20(25)12-7-8-15-14(9-12)21-18(23)11(2)22(15)19(24)13-5-4-6-16-17(13)28-10-27-16/h4-9,11H,3,10H2,1-2H3,(H,21,23). The number of rotatable bonds is 3. The summed E-state index contributed by atoms with van der Waals surface area (Å²) in [6.45, 7) is 3.63. The van der Waals surface area contributed by atoms with Crippen molar-refractivity contribution < 1.29 is 28.6 Å². The van der Waals surface area contributed by atoms with Crippen molar-refractivity contribution in [1.82, 2.24) is 0 Å². The first-order valence-corrected chi connectivity index (χ1v) is 8.85. The van der Waals surface area contributed by atoms with E-state index in [1.807, 2.05) is 0 Å². The summed E-state index contributed by atoms with van der Waals surface area (Å²) >= 11 is 0. The number of ether oxygens (including phenoxy) is 3. The Morgan fingerprint density at radius 2 is 2.07 bits per heavy atom. The molecule has 1 atom stereocenters. The van der Waals surface area contributed by atoms with Crippen LogP contribution in [-0.4, -0.2) is 37.2 Å². The third kappa shape index (κ3) is 2.83. The van der Waals surface area contributed by atoms with Crippen molar-refractivity contribution in [3.05, 3.63) is 47.5 Å². The lowest BCUT2D eigenvalue weighted by atomic mass is 10.0. The fourth-order valence-corrected chi connectivity index (χ4v) is 3.26. The van der Waals surface area contributed by atoms with E-state index in [1.54, 1.807) is 44.2 Å². The molecular weight excluding hydrogens is 364 g/mol. The summed E-state index contributed by atoms with van der Waals surface area (Å²) in [7, 11) is 0. The number of hydrogen-bond acceptors (Lipinski definition) is 6. The first-order chi connectivity index (χ1) is 13.5. The van der Waals surface area contributed by atoms with Gasteiger partial charge in [-0.2, -0.15) is 0 Å². The maximum absolute atomic E-state index is 13.3. The zero-order valence-electron chi connectivity index (χ0n) is 15.4. The maximum Gasteiger partial charge on any atom is 0.338 e. The number of carbonyl (C=O) groups is 3. The van der Waals surface area contributed by atoms with Crippen LogP contribution in [0, 0.1) is 0 Å². The molecule has 0 radical (unpaired) electrons. The average Bonchev–Trinajstić information content (AvgIpc) is 3.17. The van der Waals surface area contributed by atoms with Gasteiger partial charge in [0, 0.05) is 0 Å². The molecule has 2 aliphatic heterocycles. The van der Waals surface area contributed by atoms with E-state index in [0.29, 0.717) is 34.0 Å². The Labute approximate surface area is 161 Å². The summed E-state index contributed by atoms with van der Waals surface area (Å²) in [6, 6.07) is 8.98. The molecule has 2 amide bonds. The van der Waals surface area contributed by atoms with Gasteiger partial charge in [-0.05, 0) is 44.2 Å². The molecule has 0 fully saturated rings. The van der Waals surface area contributed by atoms with Crippen LogP contribution >= 0.6 is 0 Å². The summed E-state index contributed by atoms with van der Waals surface area (Å²) < 4.78 is 15.8. The van der Waals surface area contributed by atoms with Crippen molar-refractivity contribution in [3.8, 4) is 11.5 Å². The first kappa shape index (κ1) is 17.8. The Morgan fingerprint density at radius 1 is 1.25 bits per heavy atom. The lowest BCUT2D eigenvalue weighted by molar-refractivity contribution is -0.117. The predicted molar refractivity (Wildman–Crippen MR) is 99.9 cm³/mol. The quantitative estimate of drug-likeness (QED) is 0.820. The van der Waals surface area contributed by atoms with E-state index in [0.717, 1.165) is 0 Å². The number of carbonyl (C=O) groups excluding carboxylic acids is 3. The van der Waals surface area contributed by atoms with Crippen LogP contribution in [0.3, 0.4) is 0 Å². The molecule has 8 nitrogen and oxygen atoms in total. The molecule has 0 aliphatic carbocycles. The second-order valence-electron chi connectivity index (χ2n) is 6.33. The van der Waals surface area contributed by atoms with Crippen molar-refractivity contribution in [1.29, 1.82) is 0 Å². The Morgan fingerprint density at radius 3 is 2.86 bits per heavy atom. The van der Waals surface area contributed by atoms with E-state index in [-0.39, 0.29) is 19.3 Å². The fourth-order valence-electron chi connectivity index (χ4n) is 3.26. The van der Waals surface area contributed by atoms with Crippen LogP contribution in [-0.2, 0) is 9.53 Å². The average molecular weight is 382 g/mol. The summed E-state index contributed by atoms with van der Waals surface area (Å²) in [5.74, 6) is -0.405. The SMILES string of the molecule is CCOC(=O)c1ccc2c(c1)NC(=O)C(C)N2C(=O)c1cccc2c1OCO2. The van der Waals surface area contributed by atoms with Gasteiger partial charge in [0.25, 0.3) is 5.91 Å². The van der Waals surface area contributed by atoms with Crippen LogP contribution in [0.4, 0.5) is 11.4 Å². The molecule has 2 aliphatic rings. The monoisotopic (exact) mass is 382 g/mol. The van der Waals surface area contributed by atoms with Crippen LogP contribution in [0.2, 0.25) is 0 Å². The molecule has 0 spiro atoms. The second-order valence-corrected chi connectivity index (χ2v) is 6.33. The van der Waals surface area contributed by atoms with E-state index in [2.05, 4.69) is 5.32 Å². The van der Waals surface area contributed by atoms with Gasteiger partial charge < -0.3 is 19.5 Å². The fraction of sp³-hybridized carbons (Fsp3) is 0.250. The van der Waals surface area contributed by atoms with Crippen molar-refractivity contribution in [2.75, 3.05) is 23.6 Å². The summed E-state index contributed by atoms with van der Waals surface area (Å²) in [5, 5.41) is 2.74. The topological polar surface area (TPSA) is 94.2 Å². The summed E-state index contributed by atoms with van der Waals surface area (Å²) in [4.78, 5) is 39.2. The zero-order valence-corrected chi connectivity index (χ0v) is 15.4. The molecule has 0 saturated heterocycles. The molecule has 144 valence electrons. The van der Waals surface area contributed by atoms with Crippen molar-refractivity contribution in [3.63, 3.8) is 0 Å². The van der Waals surface area contributed by atoms with Crippen molar-refractivity contribution >= 4 is 29.2 Å². The van der Waals surface area contributed by atoms with Crippen LogP contribution in [0.5, 0.6) is 11.5 Å². The lowest BCUT2D eigenvalue weighted by Crippen LogP contribution is -2.49. The smallest absolute Gasteiger partial charge is 0.338 e. The van der Waals surface area contributed by atoms with Crippen molar-refractivity contribution in [2.24, 2.45) is 0 Å². The Balaban J connectivity index is 1.76. The molecule has 0 saturated carbocycles. The van der Waals surface area contributed by atoms with Crippen LogP contribution in [0.25, 0.3) is 0 Å². The zero-order chi connectivity index (χ0) is 19.8. The number of fused-ring (bicyclic) bond motifs is 2. The van der Waals surface area contributed by atoms with Gasteiger partial charge in [-0.15, -0.1) is 0 Å². The van der Waals surface area contributed by atoms with E-state index >= 15 is 0 Å².